The Morgan fingerprint density at radius 2 is 1.72 bits per heavy atom. The van der Waals surface area contributed by atoms with Gasteiger partial charge in [0.05, 0.1) is 22.3 Å². The van der Waals surface area contributed by atoms with Gasteiger partial charge in [-0.05, 0) is 19.9 Å². The minimum absolute atomic E-state index is 0.0496. The normalized spacial score (nSPS) is 11.0. The number of nitrogen functional groups attached to an aromatic ring is 2. The Bertz CT molecular complexity index is 1200. The molecule has 4 rings (SSSR count). The summed E-state index contributed by atoms with van der Waals surface area (Å²) < 4.78 is 10.7. The third-order valence-corrected chi connectivity index (χ3v) is 4.23. The van der Waals surface area contributed by atoms with Crippen LogP contribution in [0.25, 0.3) is 22.4 Å². The van der Waals surface area contributed by atoms with E-state index in [0.717, 1.165) is 11.1 Å². The largest absolute Gasteiger partial charge is 0.454 e. The molecule has 4 N–H and O–H groups in total. The van der Waals surface area contributed by atoms with Gasteiger partial charge in [0.1, 0.15) is 0 Å². The van der Waals surface area contributed by atoms with Crippen LogP contribution in [0.4, 0.5) is 11.9 Å². The fourth-order valence-electron chi connectivity index (χ4n) is 2.86. The first-order valence-corrected chi connectivity index (χ1v) is 8.68. The van der Waals surface area contributed by atoms with Crippen LogP contribution in [0.5, 0.6) is 0 Å². The lowest BCUT2D eigenvalue weighted by atomic mass is 10.0. The molecule has 146 valence electrons. The van der Waals surface area contributed by atoms with Crippen molar-refractivity contribution in [2.75, 3.05) is 11.5 Å². The van der Waals surface area contributed by atoms with Gasteiger partial charge in [0.2, 0.25) is 11.9 Å². The summed E-state index contributed by atoms with van der Waals surface area (Å²) in [5, 5.41) is 4.40. The molecule has 0 aliphatic carbocycles. The number of hydrogen-bond acceptors (Lipinski definition) is 10. The van der Waals surface area contributed by atoms with Crippen molar-refractivity contribution < 1.29 is 14.1 Å². The van der Waals surface area contributed by atoms with E-state index in [0.29, 0.717) is 16.8 Å². The topological polar surface area (TPSA) is 156 Å². The van der Waals surface area contributed by atoms with E-state index in [1.165, 1.54) is 0 Å². The number of ether oxygens (including phenoxy) is 1. The third kappa shape index (κ3) is 3.68. The number of aromatic nitrogens is 5. The molecule has 0 fully saturated rings. The van der Waals surface area contributed by atoms with Gasteiger partial charge < -0.3 is 20.7 Å². The number of anilines is 2. The van der Waals surface area contributed by atoms with E-state index in [-0.39, 0.29) is 35.6 Å². The Morgan fingerprint density at radius 1 is 1.03 bits per heavy atom. The predicted molar refractivity (Wildman–Crippen MR) is 104 cm³/mol. The number of benzene rings is 1. The van der Waals surface area contributed by atoms with E-state index < -0.39 is 5.97 Å². The summed E-state index contributed by atoms with van der Waals surface area (Å²) in [5.74, 6) is -0.554. The number of carbonyl (C=O) groups excluding carboxylic acids is 1. The predicted octanol–water partition coefficient (Wildman–Crippen LogP) is 2.21. The van der Waals surface area contributed by atoms with Gasteiger partial charge in [-0.25, -0.2) is 9.78 Å². The van der Waals surface area contributed by atoms with Crippen molar-refractivity contribution >= 4 is 29.0 Å². The van der Waals surface area contributed by atoms with Gasteiger partial charge in [-0.1, -0.05) is 35.0 Å². The molecule has 3 heterocycles. The number of esters is 1. The van der Waals surface area contributed by atoms with Crippen LogP contribution >= 0.6 is 0 Å². The number of carbonyl (C=O) groups is 1. The second-order valence-electron chi connectivity index (χ2n) is 6.41. The van der Waals surface area contributed by atoms with Crippen molar-refractivity contribution in [3.05, 3.63) is 53.0 Å². The highest BCUT2D eigenvalue weighted by molar-refractivity contribution is 6.04. The molecule has 1 aromatic carbocycles. The van der Waals surface area contributed by atoms with Crippen LogP contribution in [0.15, 0.2) is 34.9 Å². The third-order valence-electron chi connectivity index (χ3n) is 4.23. The second-order valence-corrected chi connectivity index (χ2v) is 6.41. The molecule has 4 aromatic rings. The summed E-state index contributed by atoms with van der Waals surface area (Å²) in [6.07, 6.45) is 0. The van der Waals surface area contributed by atoms with Crippen LogP contribution in [-0.2, 0) is 11.3 Å². The molecule has 0 bridgehead atoms. The number of nitrogens with zero attached hydrogens (tertiary/aromatic N) is 5. The number of rotatable bonds is 4. The first-order chi connectivity index (χ1) is 13.9. The Hall–Kier alpha value is -4.08. The molecular formula is C19H17N7O3. The maximum absolute atomic E-state index is 12.8. The zero-order valence-electron chi connectivity index (χ0n) is 15.7. The highest BCUT2D eigenvalue weighted by Gasteiger charge is 2.21. The van der Waals surface area contributed by atoms with Crippen LogP contribution in [0, 0.1) is 13.8 Å². The molecule has 0 atom stereocenters. The maximum atomic E-state index is 12.8. The summed E-state index contributed by atoms with van der Waals surface area (Å²) in [6.45, 7) is 3.50. The van der Waals surface area contributed by atoms with Crippen molar-refractivity contribution in [3.8, 4) is 11.3 Å². The molecule has 0 aliphatic heterocycles. The van der Waals surface area contributed by atoms with Crippen LogP contribution in [0.3, 0.4) is 0 Å². The molecule has 10 nitrogen and oxygen atoms in total. The van der Waals surface area contributed by atoms with Crippen LogP contribution in [0.1, 0.15) is 27.4 Å². The van der Waals surface area contributed by atoms with E-state index in [2.05, 4.69) is 25.1 Å². The van der Waals surface area contributed by atoms with E-state index >= 15 is 0 Å². The summed E-state index contributed by atoms with van der Waals surface area (Å²) in [6, 6.07) is 9.40. The lowest BCUT2D eigenvalue weighted by Gasteiger charge is -2.08. The molecule has 10 heteroatoms. The van der Waals surface area contributed by atoms with Crippen molar-refractivity contribution in [1.82, 2.24) is 25.1 Å². The number of aryl methyl sites for hydroxylation is 2. The zero-order valence-corrected chi connectivity index (χ0v) is 15.7. The maximum Gasteiger partial charge on any atom is 0.339 e. The quantitative estimate of drug-likeness (QED) is 0.494. The minimum Gasteiger partial charge on any atom is -0.454 e. The van der Waals surface area contributed by atoms with E-state index in [1.807, 2.05) is 31.2 Å². The number of fused-ring (bicyclic) bond motifs is 1. The highest BCUT2D eigenvalue weighted by Crippen LogP contribution is 2.28. The Labute approximate surface area is 164 Å². The van der Waals surface area contributed by atoms with E-state index in [1.54, 1.807) is 13.0 Å². The molecule has 0 saturated heterocycles. The van der Waals surface area contributed by atoms with Gasteiger partial charge in [-0.15, -0.1) is 0 Å². The van der Waals surface area contributed by atoms with Crippen LogP contribution in [-0.4, -0.2) is 31.1 Å². The van der Waals surface area contributed by atoms with Gasteiger partial charge >= 0.3 is 5.97 Å². The number of pyridine rings is 1. The Balaban J connectivity index is 1.70. The van der Waals surface area contributed by atoms with Gasteiger partial charge in [0.25, 0.3) is 5.71 Å². The second kappa shape index (κ2) is 7.15. The molecule has 0 spiro atoms. The zero-order chi connectivity index (χ0) is 20.5. The Morgan fingerprint density at radius 3 is 2.41 bits per heavy atom. The minimum atomic E-state index is -0.602. The van der Waals surface area contributed by atoms with Gasteiger partial charge in [0, 0.05) is 5.56 Å². The molecule has 0 saturated carbocycles. The van der Waals surface area contributed by atoms with Crippen molar-refractivity contribution in [2.45, 2.75) is 20.5 Å². The SMILES string of the molecule is Cc1ccc(-c2cc(C(=O)OCc3nc(N)nc(N)n3)c3c(C)noc3n2)cc1. The highest BCUT2D eigenvalue weighted by atomic mass is 16.5. The smallest absolute Gasteiger partial charge is 0.339 e. The molecule has 0 unspecified atom stereocenters. The first kappa shape index (κ1) is 18.3. The van der Waals surface area contributed by atoms with Gasteiger partial charge in [-0.3, -0.25) is 0 Å². The molecule has 0 amide bonds. The summed E-state index contributed by atoms with van der Waals surface area (Å²) in [4.78, 5) is 28.8. The molecule has 0 radical (unpaired) electrons. The lowest BCUT2D eigenvalue weighted by Crippen LogP contribution is -2.11. The average molecular weight is 391 g/mol. The molecule has 29 heavy (non-hydrogen) atoms. The van der Waals surface area contributed by atoms with Crippen molar-refractivity contribution in [1.29, 1.82) is 0 Å². The van der Waals surface area contributed by atoms with E-state index in [4.69, 9.17) is 20.7 Å². The van der Waals surface area contributed by atoms with Gasteiger partial charge in [0.15, 0.2) is 12.4 Å². The lowest BCUT2D eigenvalue weighted by molar-refractivity contribution is 0.0464. The van der Waals surface area contributed by atoms with Crippen molar-refractivity contribution in [2.24, 2.45) is 0 Å². The average Bonchev–Trinajstić information content (AvgIpc) is 3.06. The first-order valence-electron chi connectivity index (χ1n) is 8.68. The molecule has 0 aliphatic rings. The fraction of sp³-hybridized carbons (Fsp3) is 0.158. The van der Waals surface area contributed by atoms with Gasteiger partial charge in [-0.2, -0.15) is 15.0 Å². The monoisotopic (exact) mass is 391 g/mol. The van der Waals surface area contributed by atoms with Crippen molar-refractivity contribution in [3.63, 3.8) is 0 Å². The summed E-state index contributed by atoms with van der Waals surface area (Å²) >= 11 is 0. The Kier molecular flexibility index (Phi) is 4.51. The number of hydrogen-bond donors (Lipinski definition) is 2. The van der Waals surface area contributed by atoms with E-state index in [9.17, 15) is 4.79 Å². The fourth-order valence-corrected chi connectivity index (χ4v) is 2.86. The standard InChI is InChI=1S/C19H17N7O3/c1-9-3-5-11(6-4-9)13-7-12(15-10(2)26-29-16(15)22-13)17(27)28-8-14-23-18(20)25-19(21)24-14/h3-7H,8H2,1-2H3,(H4,20,21,23,24,25). The van der Waals surface area contributed by atoms with Crippen LogP contribution < -0.4 is 11.5 Å². The molecular weight excluding hydrogens is 374 g/mol. The summed E-state index contributed by atoms with van der Waals surface area (Å²) in [5.41, 5.74) is 14.6. The molecule has 3 aromatic heterocycles. The van der Waals surface area contributed by atoms with Crippen LogP contribution in [0.2, 0.25) is 0 Å². The summed E-state index contributed by atoms with van der Waals surface area (Å²) in [7, 11) is 0. The number of nitrogens with two attached hydrogens (primary N) is 2.